The fraction of sp³-hybridized carbons (Fsp3) is 0.200. The van der Waals surface area contributed by atoms with Crippen LogP contribution in [0.25, 0.3) is 0 Å². The monoisotopic (exact) mass is 323 g/mol. The number of benzene rings is 2. The van der Waals surface area contributed by atoms with Crippen molar-refractivity contribution in [2.45, 2.75) is 19.9 Å². The van der Waals surface area contributed by atoms with Gasteiger partial charge in [0.15, 0.2) is 0 Å². The molecule has 0 unspecified atom stereocenters. The van der Waals surface area contributed by atoms with E-state index < -0.39 is 0 Å². The Kier molecular flexibility index (Phi) is 4.22. The molecule has 2 nitrogen and oxygen atoms in total. The van der Waals surface area contributed by atoms with E-state index in [0.717, 1.165) is 10.0 Å². The summed E-state index contributed by atoms with van der Waals surface area (Å²) < 4.78 is 20.1. The zero-order valence-electron chi connectivity index (χ0n) is 10.8. The summed E-state index contributed by atoms with van der Waals surface area (Å²) in [5.74, 6) is 0.971. The zero-order valence-corrected chi connectivity index (χ0v) is 12.4. The molecule has 2 rings (SSSR count). The van der Waals surface area contributed by atoms with Crippen LogP contribution in [0.2, 0.25) is 0 Å². The Morgan fingerprint density at radius 1 is 1.21 bits per heavy atom. The summed E-state index contributed by atoms with van der Waals surface area (Å²) in [5, 5.41) is 0. The average Bonchev–Trinajstić information content (AvgIpc) is 2.36. The van der Waals surface area contributed by atoms with Crippen LogP contribution in [0.1, 0.15) is 24.1 Å². The number of rotatable bonds is 3. The number of aryl methyl sites for hydroxylation is 1. The van der Waals surface area contributed by atoms with Gasteiger partial charge in [0.25, 0.3) is 0 Å². The highest BCUT2D eigenvalue weighted by molar-refractivity contribution is 9.10. The van der Waals surface area contributed by atoms with Gasteiger partial charge in [0.1, 0.15) is 17.3 Å². The van der Waals surface area contributed by atoms with Crippen LogP contribution in [-0.2, 0) is 0 Å². The first-order valence-corrected chi connectivity index (χ1v) is 6.75. The lowest BCUT2D eigenvalue weighted by Crippen LogP contribution is -2.07. The van der Waals surface area contributed by atoms with Crippen molar-refractivity contribution >= 4 is 15.9 Å². The predicted molar refractivity (Wildman–Crippen MR) is 78.0 cm³/mol. The first-order chi connectivity index (χ1) is 8.97. The van der Waals surface area contributed by atoms with Crippen molar-refractivity contribution in [3.05, 3.63) is 57.8 Å². The van der Waals surface area contributed by atoms with Gasteiger partial charge in [0.2, 0.25) is 0 Å². The van der Waals surface area contributed by atoms with E-state index in [-0.39, 0.29) is 11.9 Å². The first-order valence-electron chi connectivity index (χ1n) is 5.96. The molecule has 1 atom stereocenters. The van der Waals surface area contributed by atoms with Gasteiger partial charge in [-0.05, 0) is 55.8 Å². The molecule has 0 amide bonds. The summed E-state index contributed by atoms with van der Waals surface area (Å²) in [7, 11) is 0. The van der Waals surface area contributed by atoms with Crippen molar-refractivity contribution in [3.63, 3.8) is 0 Å². The van der Waals surface area contributed by atoms with Gasteiger partial charge in [-0.1, -0.05) is 15.9 Å². The first kappa shape index (κ1) is 14.0. The van der Waals surface area contributed by atoms with E-state index in [9.17, 15) is 4.39 Å². The highest BCUT2D eigenvalue weighted by Crippen LogP contribution is 2.31. The van der Waals surface area contributed by atoms with Crippen LogP contribution in [-0.4, -0.2) is 0 Å². The van der Waals surface area contributed by atoms with E-state index in [1.165, 1.54) is 12.1 Å². The molecular weight excluding hydrogens is 309 g/mol. The molecule has 0 bridgehead atoms. The van der Waals surface area contributed by atoms with Gasteiger partial charge in [-0.25, -0.2) is 4.39 Å². The highest BCUT2D eigenvalue weighted by Gasteiger charge is 2.11. The van der Waals surface area contributed by atoms with Gasteiger partial charge in [-0.15, -0.1) is 0 Å². The van der Waals surface area contributed by atoms with Crippen molar-refractivity contribution in [2.75, 3.05) is 0 Å². The summed E-state index contributed by atoms with van der Waals surface area (Å²) in [6.07, 6.45) is 0. The summed E-state index contributed by atoms with van der Waals surface area (Å²) in [6.45, 7) is 3.78. The Hall–Kier alpha value is -1.39. The Labute approximate surface area is 120 Å². The standard InChI is InChI=1S/C15H15BrFNO/c1-9-7-12(4-5-14(9)16)19-15-6-3-11(17)8-13(15)10(2)18/h3-8,10H,18H2,1-2H3/t10-/m1/s1. The molecule has 0 spiro atoms. The lowest BCUT2D eigenvalue weighted by molar-refractivity contribution is 0.468. The van der Waals surface area contributed by atoms with E-state index in [1.54, 1.807) is 13.0 Å². The second-order valence-corrected chi connectivity index (χ2v) is 5.34. The van der Waals surface area contributed by atoms with E-state index in [1.807, 2.05) is 25.1 Å². The molecule has 0 aliphatic rings. The summed E-state index contributed by atoms with van der Waals surface area (Å²) in [4.78, 5) is 0. The number of halogens is 2. The largest absolute Gasteiger partial charge is 0.457 e. The molecule has 2 N–H and O–H groups in total. The van der Waals surface area contributed by atoms with Crippen LogP contribution in [0, 0.1) is 12.7 Å². The Morgan fingerprint density at radius 2 is 1.95 bits per heavy atom. The second-order valence-electron chi connectivity index (χ2n) is 4.48. The molecule has 4 heteroatoms. The third kappa shape index (κ3) is 3.33. The average molecular weight is 324 g/mol. The lowest BCUT2D eigenvalue weighted by Gasteiger charge is -2.14. The van der Waals surface area contributed by atoms with Gasteiger partial charge in [-0.3, -0.25) is 0 Å². The SMILES string of the molecule is Cc1cc(Oc2ccc(F)cc2[C@@H](C)N)ccc1Br. The number of hydrogen-bond acceptors (Lipinski definition) is 2. The minimum Gasteiger partial charge on any atom is -0.457 e. The van der Waals surface area contributed by atoms with Crippen molar-refractivity contribution < 1.29 is 9.13 Å². The molecule has 0 aliphatic carbocycles. The Balaban J connectivity index is 2.35. The maximum Gasteiger partial charge on any atom is 0.132 e. The molecule has 19 heavy (non-hydrogen) atoms. The van der Waals surface area contributed by atoms with Gasteiger partial charge in [-0.2, -0.15) is 0 Å². The van der Waals surface area contributed by atoms with Crippen LogP contribution in [0.4, 0.5) is 4.39 Å². The van der Waals surface area contributed by atoms with Gasteiger partial charge in [0, 0.05) is 16.1 Å². The summed E-state index contributed by atoms with van der Waals surface area (Å²) >= 11 is 3.44. The van der Waals surface area contributed by atoms with E-state index in [4.69, 9.17) is 10.5 Å². The van der Waals surface area contributed by atoms with Crippen LogP contribution in [0.3, 0.4) is 0 Å². The molecule has 0 radical (unpaired) electrons. The van der Waals surface area contributed by atoms with Crippen LogP contribution in [0.5, 0.6) is 11.5 Å². The molecule has 0 saturated heterocycles. The third-order valence-corrected chi connectivity index (χ3v) is 3.71. The maximum atomic E-state index is 13.2. The van der Waals surface area contributed by atoms with Gasteiger partial charge < -0.3 is 10.5 Å². The van der Waals surface area contributed by atoms with Crippen molar-refractivity contribution in [1.82, 2.24) is 0 Å². The van der Waals surface area contributed by atoms with Crippen LogP contribution >= 0.6 is 15.9 Å². The lowest BCUT2D eigenvalue weighted by atomic mass is 10.1. The molecule has 0 heterocycles. The molecular formula is C15H15BrFNO. The molecule has 2 aromatic carbocycles. The molecule has 0 aromatic heterocycles. The minimum absolute atomic E-state index is 0.290. The fourth-order valence-electron chi connectivity index (χ4n) is 1.78. The zero-order chi connectivity index (χ0) is 14.0. The number of ether oxygens (including phenoxy) is 1. The van der Waals surface area contributed by atoms with E-state index in [0.29, 0.717) is 17.1 Å². The van der Waals surface area contributed by atoms with Gasteiger partial charge in [0.05, 0.1) is 0 Å². The van der Waals surface area contributed by atoms with Gasteiger partial charge >= 0.3 is 0 Å². The molecule has 0 fully saturated rings. The number of nitrogens with two attached hydrogens (primary N) is 1. The second kappa shape index (κ2) is 5.72. The number of hydrogen-bond donors (Lipinski definition) is 1. The Bertz CT molecular complexity index is 599. The molecule has 2 aromatic rings. The minimum atomic E-state index is -0.313. The predicted octanol–water partition coefficient (Wildman–Crippen LogP) is 4.71. The quantitative estimate of drug-likeness (QED) is 0.887. The summed E-state index contributed by atoms with van der Waals surface area (Å²) in [5.41, 5.74) is 7.56. The van der Waals surface area contributed by atoms with E-state index >= 15 is 0 Å². The van der Waals surface area contributed by atoms with Crippen LogP contribution in [0.15, 0.2) is 40.9 Å². The van der Waals surface area contributed by atoms with Crippen LogP contribution < -0.4 is 10.5 Å². The molecule has 0 saturated carbocycles. The fourth-order valence-corrected chi connectivity index (χ4v) is 2.02. The molecule has 0 aliphatic heterocycles. The maximum absolute atomic E-state index is 13.2. The summed E-state index contributed by atoms with van der Waals surface area (Å²) in [6, 6.07) is 9.77. The highest BCUT2D eigenvalue weighted by atomic mass is 79.9. The topological polar surface area (TPSA) is 35.2 Å². The Morgan fingerprint density at radius 3 is 2.58 bits per heavy atom. The van der Waals surface area contributed by atoms with Crippen molar-refractivity contribution in [1.29, 1.82) is 0 Å². The van der Waals surface area contributed by atoms with Crippen molar-refractivity contribution in [2.24, 2.45) is 5.73 Å². The third-order valence-electron chi connectivity index (χ3n) is 2.82. The molecule has 100 valence electrons. The smallest absolute Gasteiger partial charge is 0.132 e. The van der Waals surface area contributed by atoms with Crippen molar-refractivity contribution in [3.8, 4) is 11.5 Å². The van der Waals surface area contributed by atoms with E-state index in [2.05, 4.69) is 15.9 Å². The normalized spacial score (nSPS) is 12.3.